The van der Waals surface area contributed by atoms with Crippen molar-refractivity contribution < 1.29 is 15.1 Å². The quantitative estimate of drug-likeness (QED) is 0.434. The molecule has 2 aromatic heterocycles. The number of halogens is 2. The van der Waals surface area contributed by atoms with Crippen molar-refractivity contribution in [3.8, 4) is 6.07 Å². The lowest BCUT2D eigenvalue weighted by Gasteiger charge is -2.18. The van der Waals surface area contributed by atoms with Crippen LogP contribution < -0.4 is 0 Å². The summed E-state index contributed by atoms with van der Waals surface area (Å²) in [7, 11) is 0. The highest BCUT2D eigenvalue weighted by molar-refractivity contribution is 9.13. The van der Waals surface area contributed by atoms with E-state index in [1.807, 2.05) is 6.07 Å². The van der Waals surface area contributed by atoms with Crippen LogP contribution in [-0.4, -0.2) is 29.9 Å². The second-order valence-corrected chi connectivity index (χ2v) is 5.32. The highest BCUT2D eigenvalue weighted by Crippen LogP contribution is 2.35. The standard InChI is InChI=1S/C10H5Br2N5O4/c11-7-8(12)16(15-9(7)17(20)21)10(18,19)6-2-1-5(3-13)4-14-6/h1-2,4,18-19H. The summed E-state index contributed by atoms with van der Waals surface area (Å²) in [5.41, 5.74) is -0.0339. The minimum absolute atomic E-state index is 0.0476. The SMILES string of the molecule is N#Cc1ccc(C(O)(O)n2nc([N+](=O)[O-])c(Br)c2Br)nc1. The second kappa shape index (κ2) is 5.49. The van der Waals surface area contributed by atoms with Crippen molar-refractivity contribution in [2.24, 2.45) is 0 Å². The summed E-state index contributed by atoms with van der Waals surface area (Å²) >= 11 is 5.91. The lowest BCUT2D eigenvalue weighted by atomic mass is 10.2. The molecule has 0 amide bonds. The minimum atomic E-state index is -2.73. The molecule has 2 heterocycles. The fourth-order valence-electron chi connectivity index (χ4n) is 1.46. The predicted octanol–water partition coefficient (Wildman–Crippen LogP) is 1.23. The third kappa shape index (κ3) is 2.66. The van der Waals surface area contributed by atoms with Crippen LogP contribution >= 0.6 is 31.9 Å². The molecule has 0 aliphatic heterocycles. The van der Waals surface area contributed by atoms with Crippen LogP contribution in [0.25, 0.3) is 0 Å². The summed E-state index contributed by atoms with van der Waals surface area (Å²) in [6, 6.07) is 4.36. The van der Waals surface area contributed by atoms with Gasteiger partial charge in [0.15, 0.2) is 9.08 Å². The van der Waals surface area contributed by atoms with Gasteiger partial charge in [-0.25, -0.2) is 0 Å². The van der Waals surface area contributed by atoms with Gasteiger partial charge in [0, 0.05) is 6.20 Å². The van der Waals surface area contributed by atoms with Gasteiger partial charge < -0.3 is 20.3 Å². The van der Waals surface area contributed by atoms with Gasteiger partial charge >= 0.3 is 11.7 Å². The number of nitrogens with zero attached hydrogens (tertiary/aromatic N) is 5. The summed E-state index contributed by atoms with van der Waals surface area (Å²) in [5.74, 6) is -3.33. The Hall–Kier alpha value is -1.87. The molecule has 0 unspecified atom stereocenters. The van der Waals surface area contributed by atoms with Gasteiger partial charge in [0.2, 0.25) is 0 Å². The van der Waals surface area contributed by atoms with Crippen LogP contribution in [0.15, 0.2) is 27.4 Å². The maximum absolute atomic E-state index is 10.8. The lowest BCUT2D eigenvalue weighted by Crippen LogP contribution is -2.36. The first kappa shape index (κ1) is 15.5. The zero-order valence-electron chi connectivity index (χ0n) is 9.93. The Balaban J connectivity index is 2.55. The number of aliphatic hydroxyl groups is 2. The first-order chi connectivity index (χ1) is 9.78. The van der Waals surface area contributed by atoms with E-state index in [0.29, 0.717) is 4.68 Å². The monoisotopic (exact) mass is 417 g/mol. The summed E-state index contributed by atoms with van der Waals surface area (Å²) in [5, 5.41) is 43.3. The van der Waals surface area contributed by atoms with Gasteiger partial charge in [-0.05, 0) is 48.9 Å². The molecule has 0 saturated carbocycles. The molecule has 0 fully saturated rings. The van der Waals surface area contributed by atoms with Crippen LogP contribution in [0.3, 0.4) is 0 Å². The van der Waals surface area contributed by atoms with Gasteiger partial charge in [0.05, 0.1) is 10.7 Å². The minimum Gasteiger partial charge on any atom is -0.358 e. The maximum atomic E-state index is 10.8. The summed E-state index contributed by atoms with van der Waals surface area (Å²) in [6.45, 7) is 0. The summed E-state index contributed by atoms with van der Waals surface area (Å²) in [4.78, 5) is 13.7. The van der Waals surface area contributed by atoms with Crippen molar-refractivity contribution in [2.45, 2.75) is 5.91 Å². The van der Waals surface area contributed by atoms with Gasteiger partial charge in [-0.2, -0.15) is 5.26 Å². The molecule has 0 aliphatic carbocycles. The van der Waals surface area contributed by atoms with Crippen molar-refractivity contribution in [2.75, 3.05) is 0 Å². The van der Waals surface area contributed by atoms with Gasteiger partial charge in [-0.1, -0.05) is 4.68 Å². The van der Waals surface area contributed by atoms with Crippen LogP contribution in [0.5, 0.6) is 0 Å². The van der Waals surface area contributed by atoms with E-state index in [2.05, 4.69) is 41.9 Å². The molecular formula is C10H5Br2N5O4. The molecule has 0 atom stereocenters. The maximum Gasteiger partial charge on any atom is 0.405 e. The van der Waals surface area contributed by atoms with Crippen LogP contribution in [0.1, 0.15) is 11.3 Å². The summed E-state index contributed by atoms with van der Waals surface area (Å²) in [6.07, 6.45) is 1.14. The number of pyridine rings is 1. The van der Waals surface area contributed by atoms with Crippen LogP contribution in [0.4, 0.5) is 5.82 Å². The Kier molecular flexibility index (Phi) is 4.06. The topological polar surface area (TPSA) is 138 Å². The van der Waals surface area contributed by atoms with Crippen LogP contribution in [-0.2, 0) is 5.91 Å². The fourth-order valence-corrected chi connectivity index (χ4v) is 2.35. The number of hydrogen-bond donors (Lipinski definition) is 2. The van der Waals surface area contributed by atoms with E-state index in [1.54, 1.807) is 0 Å². The van der Waals surface area contributed by atoms with Crippen molar-refractivity contribution in [3.05, 3.63) is 48.8 Å². The van der Waals surface area contributed by atoms with Crippen molar-refractivity contribution in [1.29, 1.82) is 5.26 Å². The highest BCUT2D eigenvalue weighted by Gasteiger charge is 2.40. The van der Waals surface area contributed by atoms with E-state index in [4.69, 9.17) is 5.26 Å². The number of aromatic nitrogens is 3. The zero-order valence-corrected chi connectivity index (χ0v) is 13.1. The van der Waals surface area contributed by atoms with Crippen LogP contribution in [0, 0.1) is 21.4 Å². The number of rotatable bonds is 3. The van der Waals surface area contributed by atoms with Gasteiger partial charge in [-0.15, -0.1) is 0 Å². The van der Waals surface area contributed by atoms with E-state index in [9.17, 15) is 20.3 Å². The zero-order chi connectivity index (χ0) is 15.8. The first-order valence-corrected chi connectivity index (χ1v) is 6.78. The molecule has 11 heteroatoms. The normalized spacial score (nSPS) is 11.2. The Morgan fingerprint density at radius 1 is 1.43 bits per heavy atom. The van der Waals surface area contributed by atoms with E-state index in [-0.39, 0.29) is 20.3 Å². The molecular weight excluding hydrogens is 414 g/mol. The molecule has 2 aromatic rings. The molecule has 0 saturated heterocycles. The van der Waals surface area contributed by atoms with Gasteiger partial charge in [0.25, 0.3) is 0 Å². The van der Waals surface area contributed by atoms with Gasteiger partial charge in [-0.3, -0.25) is 4.98 Å². The molecule has 0 spiro atoms. The molecule has 0 radical (unpaired) electrons. The lowest BCUT2D eigenvalue weighted by molar-refractivity contribution is -0.391. The molecule has 9 nitrogen and oxygen atoms in total. The van der Waals surface area contributed by atoms with E-state index < -0.39 is 16.7 Å². The first-order valence-electron chi connectivity index (χ1n) is 5.19. The van der Waals surface area contributed by atoms with Gasteiger partial charge in [0.1, 0.15) is 11.8 Å². The number of nitriles is 1. The molecule has 2 N–H and O–H groups in total. The summed E-state index contributed by atoms with van der Waals surface area (Å²) < 4.78 is 0.489. The van der Waals surface area contributed by atoms with Crippen molar-refractivity contribution >= 4 is 37.7 Å². The molecule has 108 valence electrons. The van der Waals surface area contributed by atoms with Crippen LogP contribution in [0.2, 0.25) is 0 Å². The third-order valence-corrected chi connectivity index (χ3v) is 4.46. The third-order valence-electron chi connectivity index (χ3n) is 2.46. The average Bonchev–Trinajstić information content (AvgIpc) is 2.76. The van der Waals surface area contributed by atoms with Crippen molar-refractivity contribution in [1.82, 2.24) is 14.8 Å². The molecule has 0 aliphatic rings. The smallest absolute Gasteiger partial charge is 0.358 e. The second-order valence-electron chi connectivity index (χ2n) is 3.78. The largest absolute Gasteiger partial charge is 0.405 e. The highest BCUT2D eigenvalue weighted by atomic mass is 79.9. The van der Waals surface area contributed by atoms with E-state index in [0.717, 1.165) is 6.20 Å². The Labute approximate surface area is 133 Å². The fraction of sp³-hybridized carbons (Fsp3) is 0.100. The van der Waals surface area contributed by atoms with E-state index in [1.165, 1.54) is 12.1 Å². The number of nitro groups is 1. The molecule has 0 bridgehead atoms. The Morgan fingerprint density at radius 3 is 2.52 bits per heavy atom. The van der Waals surface area contributed by atoms with Crippen molar-refractivity contribution in [3.63, 3.8) is 0 Å². The molecule has 0 aromatic carbocycles. The average molecular weight is 419 g/mol. The number of hydrogen-bond acceptors (Lipinski definition) is 7. The Morgan fingerprint density at radius 2 is 2.10 bits per heavy atom. The molecule has 2 rings (SSSR count). The predicted molar refractivity (Wildman–Crippen MR) is 74.7 cm³/mol. The molecule has 21 heavy (non-hydrogen) atoms. The Bertz CT molecular complexity index is 750. The van der Waals surface area contributed by atoms with E-state index >= 15 is 0 Å².